The van der Waals surface area contributed by atoms with Crippen molar-refractivity contribution >= 4 is 27.8 Å². The van der Waals surface area contributed by atoms with Gasteiger partial charge in [-0.25, -0.2) is 8.78 Å². The van der Waals surface area contributed by atoms with Crippen LogP contribution in [0.3, 0.4) is 0 Å². The minimum Gasteiger partial charge on any atom is -0.507 e. The highest BCUT2D eigenvalue weighted by molar-refractivity contribution is 9.10. The molecule has 0 spiro atoms. The van der Waals surface area contributed by atoms with Crippen molar-refractivity contribution in [3.8, 4) is 16.9 Å². The summed E-state index contributed by atoms with van der Waals surface area (Å²) in [6, 6.07) is 10.2. The minimum atomic E-state index is -4.90. The topological polar surface area (TPSA) is 101 Å². The molecule has 0 bridgehead atoms. The first-order valence-electron chi connectivity index (χ1n) is 17.0. The smallest absolute Gasteiger partial charge is 0.416 e. The summed E-state index contributed by atoms with van der Waals surface area (Å²) in [7, 11) is 0. The monoisotopic (exact) mass is 803 g/mol. The fourth-order valence-corrected chi connectivity index (χ4v) is 7.03. The van der Waals surface area contributed by atoms with E-state index in [1.54, 1.807) is 56.0 Å². The molecule has 1 aromatic heterocycles. The van der Waals surface area contributed by atoms with Crippen LogP contribution in [-0.4, -0.2) is 58.9 Å². The number of nitrogens with one attached hydrogen (secondary N) is 1. The summed E-state index contributed by atoms with van der Waals surface area (Å²) < 4.78 is 79.0. The molecule has 0 radical (unpaired) electrons. The van der Waals surface area contributed by atoms with Crippen LogP contribution in [0.4, 0.5) is 22.0 Å². The standard InChI is InChI=1S/C39H39BrF5N3O5/c1-5-53-34(51)17-31(29-14-25(13-23(4)36(29)42)35-22(3)7-6-8-32(35)49)46-38(52)37(28-15-26(40)10-9-21(28)2)48-18-24(11-12-47-19-27(41)20-47)30(16-33(48)50)39(43,44)45/h6-10,13-16,18,27,31,37,49H,5,11-12,17,19-20H2,1-4H3,(H,46,52)/t31-,37?/m0/s1. The Morgan fingerprint density at radius 3 is 2.38 bits per heavy atom. The lowest BCUT2D eigenvalue weighted by molar-refractivity contribution is -0.144. The first-order valence-corrected chi connectivity index (χ1v) is 17.8. The van der Waals surface area contributed by atoms with E-state index in [1.807, 2.05) is 0 Å². The summed E-state index contributed by atoms with van der Waals surface area (Å²) >= 11 is 3.38. The van der Waals surface area contributed by atoms with E-state index in [4.69, 9.17) is 4.74 Å². The molecular weight excluding hydrogens is 765 g/mol. The van der Waals surface area contributed by atoms with E-state index in [-0.39, 0.29) is 60.7 Å². The molecule has 1 aliphatic heterocycles. The number of nitrogens with zero attached hydrogens (tertiary/aromatic N) is 2. The van der Waals surface area contributed by atoms with Crippen molar-refractivity contribution in [3.05, 3.63) is 120 Å². The largest absolute Gasteiger partial charge is 0.507 e. The Kier molecular flexibility index (Phi) is 12.1. The van der Waals surface area contributed by atoms with E-state index in [0.29, 0.717) is 32.8 Å². The van der Waals surface area contributed by atoms with E-state index in [2.05, 4.69) is 21.2 Å². The molecule has 1 saturated heterocycles. The van der Waals surface area contributed by atoms with E-state index >= 15 is 4.39 Å². The van der Waals surface area contributed by atoms with Gasteiger partial charge < -0.3 is 15.2 Å². The number of hydrogen-bond donors (Lipinski definition) is 2. The van der Waals surface area contributed by atoms with E-state index in [1.165, 1.54) is 25.1 Å². The zero-order chi connectivity index (χ0) is 38.8. The number of aromatic hydroxyl groups is 1. The van der Waals surface area contributed by atoms with Gasteiger partial charge in [0.25, 0.3) is 5.56 Å². The van der Waals surface area contributed by atoms with Crippen LogP contribution in [0, 0.1) is 26.6 Å². The summed E-state index contributed by atoms with van der Waals surface area (Å²) in [6.45, 7) is 6.71. The number of phenolic OH excluding ortho intramolecular Hbond substituents is 1. The molecule has 0 saturated carbocycles. The Bertz CT molecular complexity index is 2060. The van der Waals surface area contributed by atoms with Gasteiger partial charge >= 0.3 is 12.1 Å². The van der Waals surface area contributed by atoms with Crippen LogP contribution in [0.15, 0.2) is 70.1 Å². The summed E-state index contributed by atoms with van der Waals surface area (Å²) in [5.74, 6) is -2.52. The molecule has 1 amide bonds. The first kappa shape index (κ1) is 39.6. The van der Waals surface area contributed by atoms with Crippen molar-refractivity contribution in [2.75, 3.05) is 26.2 Å². The van der Waals surface area contributed by atoms with E-state index in [9.17, 15) is 37.1 Å². The molecule has 2 atom stereocenters. The highest BCUT2D eigenvalue weighted by Crippen LogP contribution is 2.37. The average Bonchev–Trinajstić information content (AvgIpc) is 3.06. The third kappa shape index (κ3) is 8.98. The van der Waals surface area contributed by atoms with Crippen molar-refractivity contribution in [1.29, 1.82) is 0 Å². The number of aryl methyl sites for hydroxylation is 3. The number of esters is 1. The molecule has 5 rings (SSSR count). The van der Waals surface area contributed by atoms with Gasteiger partial charge in [0.2, 0.25) is 5.91 Å². The molecule has 282 valence electrons. The van der Waals surface area contributed by atoms with Crippen molar-refractivity contribution in [3.63, 3.8) is 0 Å². The summed E-state index contributed by atoms with van der Waals surface area (Å²) in [5.41, 5.74) is -0.302. The fourth-order valence-electron chi connectivity index (χ4n) is 6.65. The highest BCUT2D eigenvalue weighted by Gasteiger charge is 2.37. The molecule has 53 heavy (non-hydrogen) atoms. The lowest BCUT2D eigenvalue weighted by Crippen LogP contribution is -2.49. The quantitative estimate of drug-likeness (QED) is 0.113. The van der Waals surface area contributed by atoms with Crippen molar-refractivity contribution in [2.45, 2.75) is 65.0 Å². The fraction of sp³-hybridized carbons (Fsp3) is 0.359. The van der Waals surface area contributed by atoms with Gasteiger partial charge in [0, 0.05) is 47.5 Å². The number of aromatic nitrogens is 1. The number of phenols is 1. The second-order valence-electron chi connectivity index (χ2n) is 13.2. The normalized spacial score (nSPS) is 14.8. The maximum atomic E-state index is 16.1. The number of amides is 1. The number of carbonyl (C=O) groups excluding carboxylic acids is 2. The third-order valence-corrected chi connectivity index (χ3v) is 9.82. The molecule has 14 heteroatoms. The number of halogens is 6. The second kappa shape index (κ2) is 16.2. The Balaban J connectivity index is 1.65. The maximum absolute atomic E-state index is 16.1. The number of ether oxygens (including phenoxy) is 1. The molecule has 3 aromatic carbocycles. The van der Waals surface area contributed by atoms with Crippen LogP contribution in [0.1, 0.15) is 64.4 Å². The number of carbonyl (C=O) groups is 2. The molecule has 2 heterocycles. The van der Waals surface area contributed by atoms with Gasteiger partial charge in [-0.1, -0.05) is 34.1 Å². The molecular formula is C39H39BrF5N3O5. The van der Waals surface area contributed by atoms with Gasteiger partial charge in [0.05, 0.1) is 24.6 Å². The lowest BCUT2D eigenvalue weighted by Gasteiger charge is -2.34. The van der Waals surface area contributed by atoms with Gasteiger partial charge in [-0.2, -0.15) is 13.2 Å². The van der Waals surface area contributed by atoms with Crippen LogP contribution in [-0.2, 0) is 26.9 Å². The summed E-state index contributed by atoms with van der Waals surface area (Å²) in [4.78, 5) is 42.9. The van der Waals surface area contributed by atoms with Gasteiger partial charge in [-0.15, -0.1) is 0 Å². The lowest BCUT2D eigenvalue weighted by atomic mass is 9.92. The molecule has 2 N–H and O–H groups in total. The summed E-state index contributed by atoms with van der Waals surface area (Å²) in [5, 5.41) is 13.4. The Morgan fingerprint density at radius 1 is 1.02 bits per heavy atom. The maximum Gasteiger partial charge on any atom is 0.416 e. The van der Waals surface area contributed by atoms with Crippen LogP contribution < -0.4 is 10.9 Å². The predicted molar refractivity (Wildman–Crippen MR) is 193 cm³/mol. The van der Waals surface area contributed by atoms with Crippen LogP contribution in [0.5, 0.6) is 5.75 Å². The van der Waals surface area contributed by atoms with Crippen LogP contribution in [0.25, 0.3) is 11.1 Å². The van der Waals surface area contributed by atoms with Crippen LogP contribution >= 0.6 is 15.9 Å². The minimum absolute atomic E-state index is 0.00880. The van der Waals surface area contributed by atoms with Gasteiger partial charge in [-0.05, 0) is 97.8 Å². The number of benzene rings is 3. The number of alkyl halides is 4. The molecule has 8 nitrogen and oxygen atoms in total. The SMILES string of the molecule is CCOC(=O)C[C@H](NC(=O)C(c1cc(Br)ccc1C)n1cc(CCN2CC(F)C2)c(C(F)(F)F)cc1=O)c1cc(-c2c(C)cccc2O)cc(C)c1F. The number of likely N-dealkylation sites (tertiary alicyclic amines) is 1. The van der Waals surface area contributed by atoms with Crippen molar-refractivity contribution < 1.29 is 41.4 Å². The number of pyridine rings is 1. The van der Waals surface area contributed by atoms with E-state index in [0.717, 1.165) is 10.8 Å². The summed E-state index contributed by atoms with van der Waals surface area (Å²) in [6.07, 6.45) is -5.71. The number of hydrogen-bond acceptors (Lipinski definition) is 6. The molecule has 4 aromatic rings. The zero-order valence-electron chi connectivity index (χ0n) is 29.5. The molecule has 1 fully saturated rings. The molecule has 1 unspecified atom stereocenters. The molecule has 0 aliphatic carbocycles. The Morgan fingerprint density at radius 2 is 1.74 bits per heavy atom. The average molecular weight is 805 g/mol. The van der Waals surface area contributed by atoms with Crippen molar-refractivity contribution in [2.24, 2.45) is 0 Å². The van der Waals surface area contributed by atoms with Gasteiger partial charge in [0.15, 0.2) is 0 Å². The third-order valence-electron chi connectivity index (χ3n) is 9.33. The Labute approximate surface area is 311 Å². The number of rotatable bonds is 12. The van der Waals surface area contributed by atoms with E-state index < -0.39 is 59.7 Å². The van der Waals surface area contributed by atoms with Crippen LogP contribution in [0.2, 0.25) is 0 Å². The zero-order valence-corrected chi connectivity index (χ0v) is 31.1. The van der Waals surface area contributed by atoms with Gasteiger partial charge in [-0.3, -0.25) is 23.9 Å². The van der Waals surface area contributed by atoms with Gasteiger partial charge in [0.1, 0.15) is 23.8 Å². The highest BCUT2D eigenvalue weighted by atomic mass is 79.9. The molecule has 1 aliphatic rings. The predicted octanol–water partition coefficient (Wildman–Crippen LogP) is 7.66. The first-order chi connectivity index (χ1) is 25.0. The Hall–Kier alpha value is -4.56. The second-order valence-corrected chi connectivity index (χ2v) is 14.1. The van der Waals surface area contributed by atoms with Crippen molar-refractivity contribution in [1.82, 2.24) is 14.8 Å².